The third-order valence-electron chi connectivity index (χ3n) is 3.60. The number of rotatable bonds is 1. The summed E-state index contributed by atoms with van der Waals surface area (Å²) in [7, 11) is 0. The minimum Gasteiger partial charge on any atom is -0.478 e. The van der Waals surface area contributed by atoms with Crippen molar-refractivity contribution in [3.05, 3.63) is 60.2 Å². The highest BCUT2D eigenvalue weighted by Gasteiger charge is 2.16. The molecule has 0 spiro atoms. The van der Waals surface area contributed by atoms with Gasteiger partial charge in [0, 0.05) is 20.2 Å². The predicted octanol–water partition coefficient (Wildman–Crippen LogP) is 4.91. The van der Waals surface area contributed by atoms with Crippen molar-refractivity contribution >= 4 is 48.3 Å². The summed E-state index contributed by atoms with van der Waals surface area (Å²) in [6.45, 7) is 0. The second-order valence-electron chi connectivity index (χ2n) is 4.75. The van der Waals surface area contributed by atoms with E-state index in [1.807, 2.05) is 42.5 Å². The highest BCUT2D eigenvalue weighted by molar-refractivity contribution is 7.26. The van der Waals surface area contributed by atoms with Crippen LogP contribution in [0, 0.1) is 0 Å². The third-order valence-corrected chi connectivity index (χ3v) is 4.80. The topological polar surface area (TPSA) is 37.3 Å². The molecule has 0 amide bonds. The lowest BCUT2D eigenvalue weighted by molar-refractivity contribution is 0.0699. The van der Waals surface area contributed by atoms with Gasteiger partial charge in [0.15, 0.2) is 0 Å². The van der Waals surface area contributed by atoms with Gasteiger partial charge in [-0.3, -0.25) is 0 Å². The predicted molar refractivity (Wildman–Crippen MR) is 83.8 cm³/mol. The second-order valence-corrected chi connectivity index (χ2v) is 5.80. The summed E-state index contributed by atoms with van der Waals surface area (Å²) in [6.07, 6.45) is 0. The van der Waals surface area contributed by atoms with Gasteiger partial charge in [0.25, 0.3) is 0 Å². The van der Waals surface area contributed by atoms with E-state index < -0.39 is 5.97 Å². The summed E-state index contributed by atoms with van der Waals surface area (Å²) < 4.78 is 2.18. The third kappa shape index (κ3) is 1.47. The number of benzene rings is 3. The van der Waals surface area contributed by atoms with Crippen LogP contribution in [0.15, 0.2) is 54.6 Å². The zero-order chi connectivity index (χ0) is 13.7. The summed E-state index contributed by atoms with van der Waals surface area (Å²) in [5, 5.41) is 13.5. The van der Waals surface area contributed by atoms with Gasteiger partial charge in [-0.25, -0.2) is 4.79 Å². The first-order chi connectivity index (χ1) is 9.75. The average molecular weight is 278 g/mol. The van der Waals surface area contributed by atoms with Crippen molar-refractivity contribution in [2.45, 2.75) is 0 Å². The number of hydrogen-bond acceptors (Lipinski definition) is 2. The molecule has 2 nitrogen and oxygen atoms in total. The first kappa shape index (κ1) is 11.4. The Morgan fingerprint density at radius 2 is 1.65 bits per heavy atom. The lowest BCUT2D eigenvalue weighted by atomic mass is 10.0. The largest absolute Gasteiger partial charge is 0.478 e. The Morgan fingerprint density at radius 3 is 2.45 bits per heavy atom. The maximum atomic E-state index is 11.6. The van der Waals surface area contributed by atoms with E-state index in [2.05, 4.69) is 6.07 Å². The molecule has 0 aliphatic heterocycles. The summed E-state index contributed by atoms with van der Waals surface area (Å²) >= 11 is 1.66. The molecule has 20 heavy (non-hydrogen) atoms. The lowest BCUT2D eigenvalue weighted by Crippen LogP contribution is -1.97. The number of carboxylic acids is 1. The van der Waals surface area contributed by atoms with Gasteiger partial charge in [0.05, 0.1) is 5.56 Å². The Kier molecular flexibility index (Phi) is 2.32. The fourth-order valence-corrected chi connectivity index (χ4v) is 3.99. The van der Waals surface area contributed by atoms with Gasteiger partial charge in [0.2, 0.25) is 0 Å². The van der Waals surface area contributed by atoms with Gasteiger partial charge in [-0.05, 0) is 22.9 Å². The van der Waals surface area contributed by atoms with Crippen LogP contribution in [-0.4, -0.2) is 11.1 Å². The summed E-state index contributed by atoms with van der Waals surface area (Å²) in [5.74, 6) is -0.871. The molecular weight excluding hydrogens is 268 g/mol. The van der Waals surface area contributed by atoms with Crippen LogP contribution in [0.25, 0.3) is 30.9 Å². The Labute approximate surface area is 118 Å². The standard InChI is InChI=1S/C17H10O2S/c18-17(19)13-9-10-5-1-2-6-11(10)16-15(13)12-7-3-4-8-14(12)20-16/h1-9H,(H,18,19). The van der Waals surface area contributed by atoms with Crippen LogP contribution >= 0.6 is 11.3 Å². The Morgan fingerprint density at radius 1 is 0.950 bits per heavy atom. The molecule has 1 aromatic heterocycles. The van der Waals surface area contributed by atoms with E-state index in [0.717, 1.165) is 30.9 Å². The molecule has 0 unspecified atom stereocenters. The van der Waals surface area contributed by atoms with E-state index in [-0.39, 0.29) is 0 Å². The quantitative estimate of drug-likeness (QED) is 0.537. The normalized spacial score (nSPS) is 11.4. The summed E-state index contributed by atoms with van der Waals surface area (Å²) in [4.78, 5) is 11.6. The zero-order valence-electron chi connectivity index (χ0n) is 10.5. The van der Waals surface area contributed by atoms with E-state index >= 15 is 0 Å². The first-order valence-electron chi connectivity index (χ1n) is 6.32. The molecule has 0 radical (unpaired) electrons. The lowest BCUT2D eigenvalue weighted by Gasteiger charge is -2.04. The van der Waals surface area contributed by atoms with E-state index in [0.29, 0.717) is 5.56 Å². The van der Waals surface area contributed by atoms with Crippen LogP contribution in [-0.2, 0) is 0 Å². The van der Waals surface area contributed by atoms with Crippen LogP contribution in [0.2, 0.25) is 0 Å². The molecule has 96 valence electrons. The number of thiophene rings is 1. The van der Waals surface area contributed by atoms with Gasteiger partial charge in [-0.1, -0.05) is 42.5 Å². The minimum absolute atomic E-state index is 0.385. The molecule has 0 aliphatic rings. The Balaban J connectivity index is 2.36. The van der Waals surface area contributed by atoms with Crippen molar-refractivity contribution in [3.8, 4) is 0 Å². The Hall–Kier alpha value is -2.39. The number of carbonyl (C=O) groups is 1. The monoisotopic (exact) mass is 278 g/mol. The molecule has 0 fully saturated rings. The average Bonchev–Trinajstić information content (AvgIpc) is 2.86. The van der Waals surface area contributed by atoms with Gasteiger partial charge in [-0.2, -0.15) is 0 Å². The molecule has 0 atom stereocenters. The number of fused-ring (bicyclic) bond motifs is 5. The van der Waals surface area contributed by atoms with Gasteiger partial charge < -0.3 is 5.11 Å². The summed E-state index contributed by atoms with van der Waals surface area (Å²) in [5.41, 5.74) is 0.385. The fourth-order valence-electron chi connectivity index (χ4n) is 2.73. The van der Waals surface area contributed by atoms with Crippen molar-refractivity contribution in [1.82, 2.24) is 0 Å². The number of hydrogen-bond donors (Lipinski definition) is 1. The molecular formula is C17H10O2S. The van der Waals surface area contributed by atoms with Crippen LogP contribution in [0.1, 0.15) is 10.4 Å². The summed E-state index contributed by atoms with van der Waals surface area (Å²) in [6, 6.07) is 17.7. The molecule has 0 saturated heterocycles. The second kappa shape index (κ2) is 4.05. The van der Waals surface area contributed by atoms with Gasteiger partial charge >= 0.3 is 5.97 Å². The van der Waals surface area contributed by atoms with E-state index in [1.165, 1.54) is 0 Å². The minimum atomic E-state index is -0.871. The van der Waals surface area contributed by atoms with Crippen molar-refractivity contribution in [2.75, 3.05) is 0 Å². The highest BCUT2D eigenvalue weighted by atomic mass is 32.1. The maximum Gasteiger partial charge on any atom is 0.336 e. The zero-order valence-corrected chi connectivity index (χ0v) is 11.3. The first-order valence-corrected chi connectivity index (χ1v) is 7.13. The fraction of sp³-hybridized carbons (Fsp3) is 0. The van der Waals surface area contributed by atoms with Crippen molar-refractivity contribution in [2.24, 2.45) is 0 Å². The van der Waals surface area contributed by atoms with E-state index in [1.54, 1.807) is 17.4 Å². The molecule has 3 aromatic carbocycles. The molecule has 0 bridgehead atoms. The number of carboxylic acid groups (broad SMARTS) is 1. The number of aromatic carboxylic acids is 1. The molecule has 0 aliphatic carbocycles. The van der Waals surface area contributed by atoms with Gasteiger partial charge in [-0.15, -0.1) is 11.3 Å². The maximum absolute atomic E-state index is 11.6. The molecule has 1 heterocycles. The molecule has 3 heteroatoms. The van der Waals surface area contributed by atoms with E-state index in [9.17, 15) is 9.90 Å². The SMILES string of the molecule is O=C(O)c1cc2ccccc2c2sc3ccccc3c12. The molecule has 0 saturated carbocycles. The smallest absolute Gasteiger partial charge is 0.336 e. The highest BCUT2D eigenvalue weighted by Crippen LogP contribution is 2.40. The van der Waals surface area contributed by atoms with Crippen molar-refractivity contribution in [1.29, 1.82) is 0 Å². The molecule has 1 N–H and O–H groups in total. The van der Waals surface area contributed by atoms with Crippen molar-refractivity contribution in [3.63, 3.8) is 0 Å². The molecule has 4 rings (SSSR count). The van der Waals surface area contributed by atoms with Crippen molar-refractivity contribution < 1.29 is 9.90 Å². The van der Waals surface area contributed by atoms with Crippen LogP contribution in [0.5, 0.6) is 0 Å². The van der Waals surface area contributed by atoms with Crippen LogP contribution in [0.3, 0.4) is 0 Å². The van der Waals surface area contributed by atoms with Gasteiger partial charge in [0.1, 0.15) is 0 Å². The Bertz CT molecular complexity index is 982. The van der Waals surface area contributed by atoms with E-state index in [4.69, 9.17) is 0 Å². The molecule has 4 aromatic rings. The van der Waals surface area contributed by atoms with Crippen LogP contribution in [0.4, 0.5) is 0 Å². The van der Waals surface area contributed by atoms with Crippen LogP contribution < -0.4 is 0 Å².